The SMILES string of the molecule is Cc1ccc(S(=O)(=O)N(Cc2ccc(Cl)cc2)c2ccccc2C(=O)N/N=C\c2ccc(-c3ccc(Cl)cc3Cl)o2)cc1. The zero-order valence-electron chi connectivity index (χ0n) is 22.7. The molecule has 11 heteroatoms. The molecule has 5 rings (SSSR count). The van der Waals surface area contributed by atoms with Gasteiger partial charge in [-0.2, -0.15) is 5.10 Å². The number of para-hydroxylation sites is 1. The van der Waals surface area contributed by atoms with Crippen LogP contribution < -0.4 is 9.73 Å². The Labute approximate surface area is 264 Å². The van der Waals surface area contributed by atoms with Crippen molar-refractivity contribution in [3.63, 3.8) is 0 Å². The molecular weight excluding hydrogens is 629 g/mol. The van der Waals surface area contributed by atoms with Crippen LogP contribution in [0.15, 0.2) is 118 Å². The number of benzene rings is 4. The maximum absolute atomic E-state index is 14.0. The predicted octanol–water partition coefficient (Wildman–Crippen LogP) is 8.37. The molecule has 7 nitrogen and oxygen atoms in total. The van der Waals surface area contributed by atoms with E-state index < -0.39 is 15.9 Å². The predicted molar refractivity (Wildman–Crippen MR) is 172 cm³/mol. The van der Waals surface area contributed by atoms with Crippen molar-refractivity contribution in [3.8, 4) is 11.3 Å². The van der Waals surface area contributed by atoms with E-state index in [1.54, 1.807) is 97.1 Å². The third-order valence-corrected chi connectivity index (χ3v) is 9.02. The van der Waals surface area contributed by atoms with Gasteiger partial charge in [0.15, 0.2) is 0 Å². The van der Waals surface area contributed by atoms with E-state index in [-0.39, 0.29) is 22.7 Å². The maximum Gasteiger partial charge on any atom is 0.273 e. The van der Waals surface area contributed by atoms with Crippen LogP contribution in [0.5, 0.6) is 0 Å². The van der Waals surface area contributed by atoms with E-state index >= 15 is 0 Å². The van der Waals surface area contributed by atoms with Gasteiger partial charge in [-0.15, -0.1) is 0 Å². The van der Waals surface area contributed by atoms with Crippen molar-refractivity contribution in [1.29, 1.82) is 0 Å². The Kier molecular flexibility index (Phi) is 9.22. The first-order valence-corrected chi connectivity index (χ1v) is 15.5. The number of hydrogen-bond donors (Lipinski definition) is 1. The van der Waals surface area contributed by atoms with Gasteiger partial charge >= 0.3 is 0 Å². The summed E-state index contributed by atoms with van der Waals surface area (Å²) in [4.78, 5) is 13.4. The molecule has 0 aliphatic carbocycles. The van der Waals surface area contributed by atoms with Crippen LogP contribution in [-0.4, -0.2) is 20.5 Å². The van der Waals surface area contributed by atoms with Crippen molar-refractivity contribution >= 4 is 62.6 Å². The van der Waals surface area contributed by atoms with Crippen LogP contribution in [0.3, 0.4) is 0 Å². The van der Waals surface area contributed by atoms with E-state index in [4.69, 9.17) is 39.2 Å². The molecule has 4 aromatic carbocycles. The minimum atomic E-state index is -4.08. The largest absolute Gasteiger partial charge is 0.455 e. The van der Waals surface area contributed by atoms with Crippen molar-refractivity contribution in [2.45, 2.75) is 18.4 Å². The van der Waals surface area contributed by atoms with E-state index in [2.05, 4.69) is 10.5 Å². The van der Waals surface area contributed by atoms with E-state index in [1.807, 2.05) is 6.92 Å². The van der Waals surface area contributed by atoms with Crippen molar-refractivity contribution in [1.82, 2.24) is 5.43 Å². The summed E-state index contributed by atoms with van der Waals surface area (Å²) in [6.07, 6.45) is 1.34. The fraction of sp³-hybridized carbons (Fsp3) is 0.0625. The topological polar surface area (TPSA) is 92.0 Å². The summed E-state index contributed by atoms with van der Waals surface area (Å²) in [5, 5.41) is 5.49. The summed E-state index contributed by atoms with van der Waals surface area (Å²) in [5.74, 6) is 0.249. The van der Waals surface area contributed by atoms with Gasteiger partial charge in [-0.3, -0.25) is 9.10 Å². The summed E-state index contributed by atoms with van der Waals surface area (Å²) in [6, 6.07) is 28.2. The second-order valence-corrected chi connectivity index (χ2v) is 12.6. The minimum Gasteiger partial charge on any atom is -0.455 e. The molecular formula is C32H24Cl3N3O4S. The molecule has 1 amide bonds. The quantitative estimate of drug-likeness (QED) is 0.128. The second-order valence-electron chi connectivity index (χ2n) is 9.49. The highest BCUT2D eigenvalue weighted by Crippen LogP contribution is 2.32. The van der Waals surface area contributed by atoms with Gasteiger partial charge in [0.25, 0.3) is 15.9 Å². The average molecular weight is 653 g/mol. The third kappa shape index (κ3) is 7.12. The lowest BCUT2D eigenvalue weighted by Crippen LogP contribution is -2.33. The summed E-state index contributed by atoms with van der Waals surface area (Å²) in [7, 11) is -4.08. The van der Waals surface area contributed by atoms with E-state index in [1.165, 1.54) is 16.6 Å². The summed E-state index contributed by atoms with van der Waals surface area (Å²) in [6.45, 7) is 1.84. The number of amides is 1. The molecule has 0 aliphatic rings. The van der Waals surface area contributed by atoms with Gasteiger partial charge in [0.05, 0.1) is 33.9 Å². The summed E-state index contributed by atoms with van der Waals surface area (Å²) >= 11 is 18.3. The molecule has 218 valence electrons. The van der Waals surface area contributed by atoms with Crippen molar-refractivity contribution < 1.29 is 17.6 Å². The summed E-state index contributed by atoms with van der Waals surface area (Å²) in [5.41, 5.74) is 5.01. The Bertz CT molecular complexity index is 1910. The molecule has 0 unspecified atom stereocenters. The molecule has 1 heterocycles. The van der Waals surface area contributed by atoms with Crippen LogP contribution in [0.1, 0.15) is 27.2 Å². The maximum atomic E-state index is 14.0. The molecule has 0 aliphatic heterocycles. The lowest BCUT2D eigenvalue weighted by molar-refractivity contribution is 0.0955. The van der Waals surface area contributed by atoms with Crippen LogP contribution in [0, 0.1) is 6.92 Å². The Hall–Kier alpha value is -4.08. The number of carbonyl (C=O) groups is 1. The number of rotatable bonds is 9. The molecule has 0 radical (unpaired) electrons. The van der Waals surface area contributed by atoms with Crippen molar-refractivity contribution in [2.24, 2.45) is 5.10 Å². The van der Waals surface area contributed by atoms with E-state index in [0.717, 1.165) is 5.56 Å². The molecule has 0 fully saturated rings. The van der Waals surface area contributed by atoms with Gasteiger partial charge in [-0.05, 0) is 79.2 Å². The molecule has 0 bridgehead atoms. The monoisotopic (exact) mass is 651 g/mol. The van der Waals surface area contributed by atoms with Gasteiger partial charge in [0, 0.05) is 15.6 Å². The number of halogens is 3. The minimum absolute atomic E-state index is 0.0383. The van der Waals surface area contributed by atoms with Gasteiger partial charge in [-0.25, -0.2) is 13.8 Å². The van der Waals surface area contributed by atoms with Gasteiger partial charge in [0.2, 0.25) is 0 Å². The Balaban J connectivity index is 1.42. The number of hydrazone groups is 1. The third-order valence-electron chi connectivity index (χ3n) is 6.45. The van der Waals surface area contributed by atoms with Gasteiger partial charge < -0.3 is 4.42 Å². The molecule has 0 atom stereocenters. The Morgan fingerprint density at radius 2 is 1.58 bits per heavy atom. The fourth-order valence-corrected chi connectivity index (χ4v) is 6.35. The molecule has 1 aromatic heterocycles. The molecule has 0 spiro atoms. The number of anilines is 1. The lowest BCUT2D eigenvalue weighted by Gasteiger charge is -2.26. The smallest absolute Gasteiger partial charge is 0.273 e. The number of sulfonamides is 1. The lowest BCUT2D eigenvalue weighted by atomic mass is 10.1. The zero-order valence-corrected chi connectivity index (χ0v) is 25.8. The van der Waals surface area contributed by atoms with E-state index in [9.17, 15) is 13.2 Å². The van der Waals surface area contributed by atoms with Gasteiger partial charge in [0.1, 0.15) is 11.5 Å². The first kappa shape index (κ1) is 30.4. The number of aryl methyl sites for hydroxylation is 1. The molecule has 43 heavy (non-hydrogen) atoms. The zero-order chi connectivity index (χ0) is 30.6. The molecule has 0 saturated carbocycles. The highest BCUT2D eigenvalue weighted by Gasteiger charge is 2.28. The van der Waals surface area contributed by atoms with Crippen molar-refractivity contribution in [2.75, 3.05) is 4.31 Å². The summed E-state index contributed by atoms with van der Waals surface area (Å²) < 4.78 is 34.9. The fourth-order valence-electron chi connectivity index (χ4n) is 4.25. The highest BCUT2D eigenvalue weighted by atomic mass is 35.5. The number of carbonyl (C=O) groups excluding carboxylic acids is 1. The second kappa shape index (κ2) is 13.1. The standard InChI is InChI=1S/C32H24Cl3N3O4S/c1-21-6-14-26(15-7-21)43(40,41)38(20-22-8-10-23(33)11-9-22)30-5-3-2-4-28(30)32(39)37-36-19-25-13-17-31(42-25)27-16-12-24(34)18-29(27)35/h2-19H,20H2,1H3,(H,37,39)/b36-19-. The average Bonchev–Trinajstić information content (AvgIpc) is 3.45. The van der Waals surface area contributed by atoms with Crippen LogP contribution in [-0.2, 0) is 16.6 Å². The Morgan fingerprint density at radius 3 is 2.30 bits per heavy atom. The molecule has 0 saturated heterocycles. The number of nitrogens with one attached hydrogen (secondary N) is 1. The van der Waals surface area contributed by atoms with Crippen LogP contribution in [0.2, 0.25) is 15.1 Å². The normalized spacial score (nSPS) is 11.5. The first-order chi connectivity index (χ1) is 20.6. The molecule has 1 N–H and O–H groups in total. The first-order valence-electron chi connectivity index (χ1n) is 12.9. The van der Waals surface area contributed by atoms with Crippen LogP contribution in [0.4, 0.5) is 5.69 Å². The van der Waals surface area contributed by atoms with Crippen LogP contribution in [0.25, 0.3) is 11.3 Å². The van der Waals surface area contributed by atoms with E-state index in [0.29, 0.717) is 37.7 Å². The highest BCUT2D eigenvalue weighted by molar-refractivity contribution is 7.92. The molecule has 5 aromatic rings. The number of furan rings is 1. The van der Waals surface area contributed by atoms with Gasteiger partial charge in [-0.1, -0.05) is 76.8 Å². The van der Waals surface area contributed by atoms with Crippen LogP contribution >= 0.6 is 34.8 Å². The number of hydrogen-bond acceptors (Lipinski definition) is 5. The Morgan fingerprint density at radius 1 is 0.884 bits per heavy atom. The van der Waals surface area contributed by atoms with Crippen molar-refractivity contribution in [3.05, 3.63) is 141 Å². The number of nitrogens with zero attached hydrogens (tertiary/aromatic N) is 2.